The van der Waals surface area contributed by atoms with Crippen LogP contribution in [-0.2, 0) is 29.6 Å². The van der Waals surface area contributed by atoms with Crippen molar-refractivity contribution in [3.8, 4) is 11.8 Å². The largest absolute Gasteiger partial charge is 1.00 e. The topological polar surface area (TPSA) is 216 Å². The molecule has 0 radical (unpaired) electrons. The van der Waals surface area contributed by atoms with E-state index in [-0.39, 0.29) is 122 Å². The van der Waals surface area contributed by atoms with Crippen LogP contribution >= 0.6 is 12.0 Å². The van der Waals surface area contributed by atoms with E-state index in [9.17, 15) is 31.2 Å². The number of aromatic nitrogens is 3. The molecule has 4 rings (SSSR count). The Balaban J connectivity index is 0.00000253. The van der Waals surface area contributed by atoms with Gasteiger partial charge >= 0.3 is 94.7 Å². The molecule has 1 N–H and O–H groups in total. The molecular formula is C19H11N4Na3O10S3. The number of nitrogens with zero attached hydrogens (tertiary/aromatic N) is 3. The molecular weight excluding hydrogens is 609 g/mol. The van der Waals surface area contributed by atoms with Crippen LogP contribution in [0.15, 0.2) is 75.6 Å². The zero-order valence-corrected chi connectivity index (χ0v) is 28.9. The van der Waals surface area contributed by atoms with Crippen molar-refractivity contribution in [1.29, 1.82) is 0 Å². The van der Waals surface area contributed by atoms with Crippen molar-refractivity contribution in [2.75, 3.05) is 5.32 Å². The quantitative estimate of drug-likeness (QED) is 0.0605. The van der Waals surface area contributed by atoms with Crippen LogP contribution in [0.25, 0.3) is 10.8 Å². The van der Waals surface area contributed by atoms with Crippen molar-refractivity contribution in [2.45, 2.75) is 14.9 Å². The van der Waals surface area contributed by atoms with Gasteiger partial charge in [-0.25, -0.2) is 16.8 Å². The molecule has 0 spiro atoms. The van der Waals surface area contributed by atoms with E-state index in [2.05, 4.69) is 29.6 Å². The summed E-state index contributed by atoms with van der Waals surface area (Å²) in [4.78, 5) is 10.6. The fraction of sp³-hybridized carbons (Fsp3) is 0. The van der Waals surface area contributed by atoms with Gasteiger partial charge in [0.15, 0.2) is 10.1 Å². The molecule has 0 aliphatic carbocycles. The first-order chi connectivity index (χ1) is 17.0. The zero-order chi connectivity index (χ0) is 25.9. The van der Waals surface area contributed by atoms with E-state index in [1.807, 2.05) is 0 Å². The fourth-order valence-electron chi connectivity index (χ4n) is 2.97. The predicted molar refractivity (Wildman–Crippen MR) is 118 cm³/mol. The molecule has 188 valence electrons. The molecule has 0 bridgehead atoms. The summed E-state index contributed by atoms with van der Waals surface area (Å²) < 4.78 is 79.4. The van der Waals surface area contributed by atoms with E-state index < -0.39 is 36.3 Å². The molecule has 1 aromatic heterocycles. The molecule has 1 heterocycles. The molecule has 39 heavy (non-hydrogen) atoms. The number of ether oxygens (including phenoxy) is 1. The van der Waals surface area contributed by atoms with Crippen molar-refractivity contribution >= 4 is 54.7 Å². The van der Waals surface area contributed by atoms with Gasteiger partial charge in [-0.05, 0) is 47.2 Å². The van der Waals surface area contributed by atoms with Crippen LogP contribution < -0.4 is 104 Å². The third kappa shape index (κ3) is 10.1. The second-order valence-corrected chi connectivity index (χ2v) is 10.1. The number of hydrogen-bond acceptors (Lipinski definition) is 15. The van der Waals surface area contributed by atoms with Gasteiger partial charge in [0.2, 0.25) is 11.1 Å². The van der Waals surface area contributed by atoms with E-state index in [1.165, 1.54) is 24.3 Å². The van der Waals surface area contributed by atoms with Crippen molar-refractivity contribution in [1.82, 2.24) is 15.0 Å². The number of nitrogens with one attached hydrogen (secondary N) is 1. The second kappa shape index (κ2) is 15.7. The van der Waals surface area contributed by atoms with Crippen LogP contribution in [-0.4, -0.2) is 40.9 Å². The summed E-state index contributed by atoms with van der Waals surface area (Å²) in [6, 6.07) is 14.0. The Kier molecular flexibility index (Phi) is 14.7. The molecule has 20 heteroatoms. The Labute approximate surface area is 292 Å². The standard InChI is InChI=1S/C19H14N4O10S3.3Na/c24-32-33-34-14-9-11-8-12(6-7-15(11)16(10-14)35(25,26)27)20-17-21-18(23-19(22-17)36(28,29)30)31-13-4-2-1-3-5-13;;;/h1-10,24H,(H,25,26,27)(H,28,29,30)(H,20,21,22,23);;;/q;3*+1/p-3. The van der Waals surface area contributed by atoms with Gasteiger partial charge in [0.25, 0.3) is 0 Å². The molecule has 3 aromatic carbocycles. The van der Waals surface area contributed by atoms with Crippen LogP contribution in [0.5, 0.6) is 11.8 Å². The van der Waals surface area contributed by atoms with Crippen LogP contribution in [0.2, 0.25) is 0 Å². The summed E-state index contributed by atoms with van der Waals surface area (Å²) in [5, 5.41) is 15.2. The normalized spacial score (nSPS) is 11.1. The third-order valence-electron chi connectivity index (χ3n) is 4.34. The summed E-state index contributed by atoms with van der Waals surface area (Å²) in [6.45, 7) is 0. The number of rotatable bonds is 9. The maximum Gasteiger partial charge on any atom is 1.00 e. The Morgan fingerprint density at radius 2 is 1.51 bits per heavy atom. The predicted octanol–water partition coefficient (Wildman–Crippen LogP) is -7.39. The summed E-state index contributed by atoms with van der Waals surface area (Å²) in [6.07, 6.45) is 0. The van der Waals surface area contributed by atoms with Gasteiger partial charge in [0.1, 0.15) is 15.9 Å². The number of benzene rings is 3. The molecule has 0 amide bonds. The van der Waals surface area contributed by atoms with Gasteiger partial charge in [-0.15, -0.1) is 0 Å². The maximum absolute atomic E-state index is 11.7. The number of fused-ring (bicyclic) bond motifs is 1. The van der Waals surface area contributed by atoms with E-state index in [1.54, 1.807) is 30.3 Å². The summed E-state index contributed by atoms with van der Waals surface area (Å²) in [7, 11) is -10.0. The molecule has 0 saturated heterocycles. The average molecular weight is 620 g/mol. The third-order valence-corrected chi connectivity index (χ3v) is 6.40. The average Bonchev–Trinajstić information content (AvgIpc) is 2.81. The van der Waals surface area contributed by atoms with Crippen LogP contribution in [0.1, 0.15) is 0 Å². The molecule has 0 unspecified atom stereocenters. The molecule has 0 aliphatic rings. The van der Waals surface area contributed by atoms with Gasteiger partial charge in [0.05, 0.1) is 16.9 Å². The van der Waals surface area contributed by atoms with E-state index in [4.69, 9.17) is 4.74 Å². The van der Waals surface area contributed by atoms with Crippen molar-refractivity contribution < 1.29 is 134 Å². The van der Waals surface area contributed by atoms with Crippen LogP contribution in [0.3, 0.4) is 0 Å². The minimum absolute atomic E-state index is 0. The minimum atomic E-state index is -5.09. The Morgan fingerprint density at radius 1 is 0.821 bits per heavy atom. The van der Waals surface area contributed by atoms with Gasteiger partial charge < -0.3 is 24.4 Å². The zero-order valence-electron chi connectivity index (χ0n) is 20.4. The Hall–Kier alpha value is -0.420. The van der Waals surface area contributed by atoms with Gasteiger partial charge in [-0.1, -0.05) is 24.3 Å². The molecule has 0 fully saturated rings. The first-order valence-electron chi connectivity index (χ1n) is 9.42. The Morgan fingerprint density at radius 3 is 2.13 bits per heavy atom. The Bertz CT molecular complexity index is 1650. The van der Waals surface area contributed by atoms with Crippen LogP contribution in [0.4, 0.5) is 11.6 Å². The van der Waals surface area contributed by atoms with Gasteiger partial charge in [0, 0.05) is 10.6 Å². The second-order valence-electron chi connectivity index (χ2n) is 6.75. The van der Waals surface area contributed by atoms with E-state index >= 15 is 0 Å². The SMILES string of the molecule is O=S(=O)([O-])c1nc(Nc2ccc3c(S(=O)(=O)[O-])cc(SOO[O-])cc3c2)nc(Oc2ccccc2)n1.[Na+].[Na+].[Na+]. The van der Waals surface area contributed by atoms with E-state index in [0.29, 0.717) is 12.0 Å². The molecule has 4 aromatic rings. The smallest absolute Gasteiger partial charge is 0.744 e. The van der Waals surface area contributed by atoms with Crippen molar-refractivity contribution in [2.24, 2.45) is 0 Å². The number of hydrogen-bond donors (Lipinski definition) is 1. The summed E-state index contributed by atoms with van der Waals surface area (Å²) in [5.74, 6) is -0.120. The number of para-hydroxylation sites is 1. The first kappa shape index (κ1) is 36.6. The molecule has 0 atom stereocenters. The fourth-order valence-corrected chi connectivity index (χ4v) is 4.61. The number of anilines is 2. The first-order valence-corrected chi connectivity index (χ1v) is 13.0. The molecule has 0 aliphatic heterocycles. The molecule has 0 saturated carbocycles. The van der Waals surface area contributed by atoms with Crippen molar-refractivity contribution in [3.63, 3.8) is 0 Å². The van der Waals surface area contributed by atoms with Crippen LogP contribution in [0, 0.1) is 0 Å². The maximum atomic E-state index is 11.7. The summed E-state index contributed by atoms with van der Waals surface area (Å²) in [5.41, 5.74) is 0.200. The van der Waals surface area contributed by atoms with Crippen molar-refractivity contribution in [3.05, 3.63) is 60.7 Å². The van der Waals surface area contributed by atoms with Gasteiger partial charge in [-0.2, -0.15) is 19.3 Å². The van der Waals surface area contributed by atoms with Gasteiger partial charge in [-0.3, -0.25) is 5.04 Å². The van der Waals surface area contributed by atoms with E-state index in [0.717, 1.165) is 6.07 Å². The summed E-state index contributed by atoms with van der Waals surface area (Å²) >= 11 is 0.374. The molecule has 14 nitrogen and oxygen atoms in total. The monoisotopic (exact) mass is 620 g/mol. The minimum Gasteiger partial charge on any atom is -0.744 e.